The molecule has 2 aromatic carbocycles. The molecule has 5 heteroatoms. The molecule has 2 amide bonds. The molecule has 0 unspecified atom stereocenters. The Morgan fingerprint density at radius 1 is 1.22 bits per heavy atom. The molecule has 5 nitrogen and oxygen atoms in total. The SMILES string of the molecule is CCC[C@@](C)(C(=O)N1C(=O)OC[C@H]1c1ccccc1)c1cccc(OC)c1. The van der Waals surface area contributed by atoms with Gasteiger partial charge in [0.1, 0.15) is 18.4 Å². The molecule has 142 valence electrons. The van der Waals surface area contributed by atoms with Gasteiger partial charge in [0.05, 0.1) is 12.5 Å². The second kappa shape index (κ2) is 7.82. The van der Waals surface area contributed by atoms with Gasteiger partial charge in [0.15, 0.2) is 0 Å². The maximum atomic E-state index is 13.6. The van der Waals surface area contributed by atoms with Gasteiger partial charge in [-0.05, 0) is 36.6 Å². The lowest BCUT2D eigenvalue weighted by Gasteiger charge is -2.33. The van der Waals surface area contributed by atoms with E-state index in [-0.39, 0.29) is 12.5 Å². The van der Waals surface area contributed by atoms with Gasteiger partial charge >= 0.3 is 6.09 Å². The Morgan fingerprint density at radius 3 is 2.63 bits per heavy atom. The van der Waals surface area contributed by atoms with Crippen molar-refractivity contribution in [1.82, 2.24) is 4.90 Å². The number of amides is 2. The van der Waals surface area contributed by atoms with E-state index in [4.69, 9.17) is 9.47 Å². The smallest absolute Gasteiger partial charge is 0.417 e. The van der Waals surface area contributed by atoms with E-state index < -0.39 is 17.6 Å². The second-order valence-corrected chi connectivity index (χ2v) is 6.99. The van der Waals surface area contributed by atoms with Crippen LogP contribution < -0.4 is 4.74 Å². The monoisotopic (exact) mass is 367 g/mol. The first kappa shape index (κ1) is 19.0. The molecule has 0 spiro atoms. The van der Waals surface area contributed by atoms with Crippen molar-refractivity contribution in [2.24, 2.45) is 0 Å². The average molecular weight is 367 g/mol. The molecule has 1 heterocycles. The van der Waals surface area contributed by atoms with Gasteiger partial charge in [-0.15, -0.1) is 0 Å². The molecule has 1 fully saturated rings. The van der Waals surface area contributed by atoms with Crippen LogP contribution in [0, 0.1) is 0 Å². The fourth-order valence-corrected chi connectivity index (χ4v) is 3.67. The van der Waals surface area contributed by atoms with Crippen LogP contribution in [-0.4, -0.2) is 30.6 Å². The summed E-state index contributed by atoms with van der Waals surface area (Å²) in [7, 11) is 1.60. The molecule has 3 rings (SSSR count). The zero-order chi connectivity index (χ0) is 19.4. The van der Waals surface area contributed by atoms with Crippen molar-refractivity contribution < 1.29 is 19.1 Å². The zero-order valence-corrected chi connectivity index (χ0v) is 16.0. The number of cyclic esters (lactones) is 1. The third kappa shape index (κ3) is 3.54. The minimum absolute atomic E-state index is 0.175. The van der Waals surface area contributed by atoms with Gasteiger partial charge in [-0.3, -0.25) is 4.79 Å². The third-order valence-corrected chi connectivity index (χ3v) is 5.21. The van der Waals surface area contributed by atoms with Gasteiger partial charge in [-0.2, -0.15) is 0 Å². The number of rotatable bonds is 6. The second-order valence-electron chi connectivity index (χ2n) is 6.99. The summed E-state index contributed by atoms with van der Waals surface area (Å²) in [6.07, 6.45) is 0.835. The minimum Gasteiger partial charge on any atom is -0.497 e. The highest BCUT2D eigenvalue weighted by atomic mass is 16.6. The van der Waals surface area contributed by atoms with Crippen molar-refractivity contribution in [3.8, 4) is 5.75 Å². The molecule has 2 atom stereocenters. The molecular weight excluding hydrogens is 342 g/mol. The van der Waals surface area contributed by atoms with Crippen LogP contribution in [0.15, 0.2) is 54.6 Å². The van der Waals surface area contributed by atoms with Crippen LogP contribution in [0.3, 0.4) is 0 Å². The number of benzene rings is 2. The van der Waals surface area contributed by atoms with Crippen molar-refractivity contribution in [2.45, 2.75) is 38.1 Å². The summed E-state index contributed by atoms with van der Waals surface area (Å²) >= 11 is 0. The average Bonchev–Trinajstić information content (AvgIpc) is 3.09. The largest absolute Gasteiger partial charge is 0.497 e. The number of hydrogen-bond acceptors (Lipinski definition) is 4. The highest BCUT2D eigenvalue weighted by Gasteiger charge is 2.47. The van der Waals surface area contributed by atoms with E-state index in [1.165, 1.54) is 4.90 Å². The standard InChI is InChI=1S/C22H25NO4/c1-4-13-22(2,17-11-8-12-18(14-17)26-3)20(24)23-19(15-27-21(23)25)16-9-6-5-7-10-16/h5-12,14,19H,4,13,15H2,1-3H3/t19-,22+/m0/s1. The highest BCUT2D eigenvalue weighted by molar-refractivity contribution is 5.99. The summed E-state index contributed by atoms with van der Waals surface area (Å²) < 4.78 is 10.6. The summed E-state index contributed by atoms with van der Waals surface area (Å²) in [5.41, 5.74) is 0.876. The quantitative estimate of drug-likeness (QED) is 0.756. The Bertz CT molecular complexity index is 820. The molecule has 0 N–H and O–H groups in total. The van der Waals surface area contributed by atoms with Gasteiger partial charge in [0.2, 0.25) is 5.91 Å². The number of hydrogen-bond donors (Lipinski definition) is 0. The zero-order valence-electron chi connectivity index (χ0n) is 16.0. The van der Waals surface area contributed by atoms with Crippen LogP contribution >= 0.6 is 0 Å². The Kier molecular flexibility index (Phi) is 5.49. The predicted molar refractivity (Wildman–Crippen MR) is 103 cm³/mol. The van der Waals surface area contributed by atoms with E-state index in [1.54, 1.807) is 7.11 Å². The summed E-state index contributed by atoms with van der Waals surface area (Å²) in [4.78, 5) is 27.4. The van der Waals surface area contributed by atoms with E-state index in [2.05, 4.69) is 0 Å². The Balaban J connectivity index is 2.01. The number of carbonyl (C=O) groups is 2. The first-order valence-corrected chi connectivity index (χ1v) is 9.21. The van der Waals surface area contributed by atoms with Crippen LogP contribution in [0.2, 0.25) is 0 Å². The molecule has 1 aliphatic heterocycles. The van der Waals surface area contributed by atoms with Crippen molar-refractivity contribution in [2.75, 3.05) is 13.7 Å². The van der Waals surface area contributed by atoms with Crippen molar-refractivity contribution in [1.29, 1.82) is 0 Å². The van der Waals surface area contributed by atoms with Crippen LogP contribution in [0.4, 0.5) is 4.79 Å². The van der Waals surface area contributed by atoms with Gasteiger partial charge in [0.25, 0.3) is 0 Å². The first-order valence-electron chi connectivity index (χ1n) is 9.21. The number of methoxy groups -OCH3 is 1. The lowest BCUT2D eigenvalue weighted by Crippen LogP contribution is -2.46. The van der Waals surface area contributed by atoms with E-state index in [1.807, 2.05) is 68.4 Å². The molecule has 27 heavy (non-hydrogen) atoms. The summed E-state index contributed by atoms with van der Waals surface area (Å²) in [6.45, 7) is 4.10. The number of carbonyl (C=O) groups excluding carboxylic acids is 2. The number of imide groups is 1. The van der Waals surface area contributed by atoms with Crippen molar-refractivity contribution in [3.05, 3.63) is 65.7 Å². The normalized spacial score (nSPS) is 18.7. The van der Waals surface area contributed by atoms with E-state index in [0.717, 1.165) is 17.5 Å². The Hall–Kier alpha value is -2.82. The Morgan fingerprint density at radius 2 is 1.96 bits per heavy atom. The fraction of sp³-hybridized carbons (Fsp3) is 0.364. The van der Waals surface area contributed by atoms with Gasteiger partial charge in [-0.1, -0.05) is 55.8 Å². The molecule has 0 aliphatic carbocycles. The van der Waals surface area contributed by atoms with E-state index >= 15 is 0 Å². The molecule has 1 saturated heterocycles. The molecule has 2 aromatic rings. The molecule has 0 bridgehead atoms. The van der Waals surface area contributed by atoms with Gasteiger partial charge < -0.3 is 9.47 Å². The summed E-state index contributed by atoms with van der Waals surface area (Å²) in [5.74, 6) is 0.445. The van der Waals surface area contributed by atoms with Crippen LogP contribution in [-0.2, 0) is 14.9 Å². The van der Waals surface area contributed by atoms with Crippen molar-refractivity contribution >= 4 is 12.0 Å². The number of ether oxygens (including phenoxy) is 2. The topological polar surface area (TPSA) is 55.8 Å². The first-order chi connectivity index (χ1) is 13.0. The van der Waals surface area contributed by atoms with E-state index in [0.29, 0.717) is 12.2 Å². The van der Waals surface area contributed by atoms with Crippen molar-refractivity contribution in [3.63, 3.8) is 0 Å². The van der Waals surface area contributed by atoms with E-state index in [9.17, 15) is 9.59 Å². The molecule has 0 aromatic heterocycles. The maximum Gasteiger partial charge on any atom is 0.417 e. The lowest BCUT2D eigenvalue weighted by atomic mass is 9.77. The number of nitrogens with zero attached hydrogens (tertiary/aromatic N) is 1. The van der Waals surface area contributed by atoms with Crippen LogP contribution in [0.1, 0.15) is 43.9 Å². The molecular formula is C22H25NO4. The summed E-state index contributed by atoms with van der Waals surface area (Å²) in [5, 5.41) is 0. The highest BCUT2D eigenvalue weighted by Crippen LogP contribution is 2.38. The fourth-order valence-electron chi connectivity index (χ4n) is 3.67. The van der Waals surface area contributed by atoms with Gasteiger partial charge in [0, 0.05) is 0 Å². The van der Waals surface area contributed by atoms with Crippen LogP contribution in [0.25, 0.3) is 0 Å². The molecule has 0 saturated carbocycles. The van der Waals surface area contributed by atoms with Gasteiger partial charge in [-0.25, -0.2) is 9.69 Å². The lowest BCUT2D eigenvalue weighted by molar-refractivity contribution is -0.135. The summed E-state index contributed by atoms with van der Waals surface area (Å²) in [6, 6.07) is 16.6. The van der Waals surface area contributed by atoms with Crippen LogP contribution in [0.5, 0.6) is 5.75 Å². The predicted octanol–water partition coefficient (Wildman–Crippen LogP) is 4.47. The maximum absolute atomic E-state index is 13.6. The minimum atomic E-state index is -0.848. The molecule has 0 radical (unpaired) electrons. The third-order valence-electron chi connectivity index (χ3n) is 5.21. The molecule has 1 aliphatic rings. The Labute approximate surface area is 159 Å².